The highest BCUT2D eigenvalue weighted by atomic mass is 16.5. The van der Waals surface area contributed by atoms with Crippen LogP contribution in [0, 0.1) is 11.8 Å². The van der Waals surface area contributed by atoms with E-state index in [9.17, 15) is 0 Å². The van der Waals surface area contributed by atoms with E-state index in [1.54, 1.807) is 0 Å². The molecule has 0 saturated heterocycles. The Hall–Kier alpha value is -0.0800. The van der Waals surface area contributed by atoms with Crippen LogP contribution in [0.2, 0.25) is 0 Å². The molecule has 1 fully saturated rings. The van der Waals surface area contributed by atoms with E-state index in [0.29, 0.717) is 6.04 Å². The van der Waals surface area contributed by atoms with E-state index in [2.05, 4.69) is 33.0 Å². The van der Waals surface area contributed by atoms with E-state index in [4.69, 9.17) is 4.74 Å². The molecular formula is C12H25NO. The van der Waals surface area contributed by atoms with E-state index in [1.165, 1.54) is 19.4 Å². The van der Waals surface area contributed by atoms with E-state index >= 15 is 0 Å². The quantitative estimate of drug-likeness (QED) is 0.709. The number of rotatable bonds is 6. The topological polar surface area (TPSA) is 21.3 Å². The van der Waals surface area contributed by atoms with E-state index in [-0.39, 0.29) is 5.60 Å². The molecule has 2 unspecified atom stereocenters. The standard InChI is InChI=1S/C12H25NO/c1-9(2)13-8-11-6-10(11)7-12(3,4)14-5/h9-11,13H,6-8H2,1-5H3. The number of nitrogens with one attached hydrogen (secondary N) is 1. The summed E-state index contributed by atoms with van der Waals surface area (Å²) in [5.74, 6) is 1.78. The maximum Gasteiger partial charge on any atom is 0.0625 e. The van der Waals surface area contributed by atoms with Crippen LogP contribution in [0.3, 0.4) is 0 Å². The van der Waals surface area contributed by atoms with E-state index < -0.39 is 0 Å². The largest absolute Gasteiger partial charge is 0.379 e. The van der Waals surface area contributed by atoms with Crippen molar-refractivity contribution in [2.24, 2.45) is 11.8 Å². The fourth-order valence-electron chi connectivity index (χ4n) is 1.91. The molecule has 2 nitrogen and oxygen atoms in total. The molecule has 2 atom stereocenters. The third-order valence-electron chi connectivity index (χ3n) is 3.16. The van der Waals surface area contributed by atoms with Crippen LogP contribution >= 0.6 is 0 Å². The Bertz CT molecular complexity index is 177. The predicted octanol–water partition coefficient (Wildman–Crippen LogP) is 2.44. The first-order valence-corrected chi connectivity index (χ1v) is 5.73. The van der Waals surface area contributed by atoms with Gasteiger partial charge in [-0.3, -0.25) is 0 Å². The average molecular weight is 199 g/mol. The normalized spacial score (nSPS) is 27.0. The summed E-state index contributed by atoms with van der Waals surface area (Å²) in [4.78, 5) is 0. The lowest BCUT2D eigenvalue weighted by Crippen LogP contribution is -2.27. The second kappa shape index (κ2) is 4.63. The van der Waals surface area contributed by atoms with Gasteiger partial charge in [0, 0.05) is 13.2 Å². The SMILES string of the molecule is COC(C)(C)CC1CC1CNC(C)C. The third kappa shape index (κ3) is 3.97. The minimum atomic E-state index is 0.0667. The summed E-state index contributed by atoms with van der Waals surface area (Å²) in [5.41, 5.74) is 0.0667. The molecule has 1 saturated carbocycles. The number of hydrogen-bond donors (Lipinski definition) is 1. The second-order valence-corrected chi connectivity index (χ2v) is 5.49. The van der Waals surface area contributed by atoms with Crippen LogP contribution in [-0.2, 0) is 4.74 Å². The summed E-state index contributed by atoms with van der Waals surface area (Å²) in [6, 6.07) is 0.617. The van der Waals surface area contributed by atoms with Gasteiger partial charge in [0.1, 0.15) is 0 Å². The van der Waals surface area contributed by atoms with Gasteiger partial charge in [0.05, 0.1) is 5.60 Å². The fraction of sp³-hybridized carbons (Fsp3) is 1.00. The maximum absolute atomic E-state index is 5.44. The zero-order valence-electron chi connectivity index (χ0n) is 10.3. The van der Waals surface area contributed by atoms with Gasteiger partial charge in [0.2, 0.25) is 0 Å². The van der Waals surface area contributed by atoms with Gasteiger partial charge in [-0.25, -0.2) is 0 Å². The fourth-order valence-corrected chi connectivity index (χ4v) is 1.91. The minimum Gasteiger partial charge on any atom is -0.379 e. The summed E-state index contributed by atoms with van der Waals surface area (Å²) in [6.45, 7) is 9.95. The van der Waals surface area contributed by atoms with Gasteiger partial charge in [0.15, 0.2) is 0 Å². The molecular weight excluding hydrogens is 174 g/mol. The molecule has 1 aliphatic carbocycles. The Labute approximate surface area is 88.4 Å². The molecule has 0 aromatic heterocycles. The van der Waals surface area contributed by atoms with Crippen molar-refractivity contribution in [1.29, 1.82) is 0 Å². The number of ether oxygens (including phenoxy) is 1. The van der Waals surface area contributed by atoms with Gasteiger partial charge in [-0.1, -0.05) is 13.8 Å². The molecule has 0 amide bonds. The lowest BCUT2D eigenvalue weighted by Gasteiger charge is -2.22. The Morgan fingerprint density at radius 1 is 1.36 bits per heavy atom. The van der Waals surface area contributed by atoms with Crippen molar-refractivity contribution in [3.05, 3.63) is 0 Å². The zero-order chi connectivity index (χ0) is 10.8. The Kier molecular flexibility index (Phi) is 3.96. The van der Waals surface area contributed by atoms with Crippen LogP contribution in [0.15, 0.2) is 0 Å². The number of hydrogen-bond acceptors (Lipinski definition) is 2. The van der Waals surface area contributed by atoms with Crippen LogP contribution < -0.4 is 5.32 Å². The van der Waals surface area contributed by atoms with Crippen molar-refractivity contribution in [3.8, 4) is 0 Å². The minimum absolute atomic E-state index is 0.0667. The molecule has 0 radical (unpaired) electrons. The first-order chi connectivity index (χ1) is 6.44. The van der Waals surface area contributed by atoms with Crippen LogP contribution in [0.5, 0.6) is 0 Å². The van der Waals surface area contributed by atoms with E-state index in [1.807, 2.05) is 7.11 Å². The van der Waals surface area contributed by atoms with Crippen molar-refractivity contribution in [3.63, 3.8) is 0 Å². The monoisotopic (exact) mass is 199 g/mol. The van der Waals surface area contributed by atoms with Gasteiger partial charge < -0.3 is 10.1 Å². The zero-order valence-corrected chi connectivity index (χ0v) is 10.3. The lowest BCUT2D eigenvalue weighted by molar-refractivity contribution is 0.00970. The van der Waals surface area contributed by atoms with Gasteiger partial charge in [0.25, 0.3) is 0 Å². The molecule has 84 valence electrons. The lowest BCUT2D eigenvalue weighted by atomic mass is 10.0. The molecule has 0 aromatic carbocycles. The highest BCUT2D eigenvalue weighted by Gasteiger charge is 2.40. The van der Waals surface area contributed by atoms with Gasteiger partial charge in [-0.05, 0) is 45.1 Å². The van der Waals surface area contributed by atoms with Crippen LogP contribution in [-0.4, -0.2) is 25.3 Å². The Morgan fingerprint density at radius 2 is 2.00 bits per heavy atom. The van der Waals surface area contributed by atoms with Gasteiger partial charge >= 0.3 is 0 Å². The molecule has 1 N–H and O–H groups in total. The summed E-state index contributed by atoms with van der Waals surface area (Å²) in [7, 11) is 1.81. The highest BCUT2D eigenvalue weighted by Crippen LogP contribution is 2.44. The van der Waals surface area contributed by atoms with Crippen molar-refractivity contribution < 1.29 is 4.74 Å². The summed E-state index contributed by atoms with van der Waals surface area (Å²) >= 11 is 0. The first-order valence-electron chi connectivity index (χ1n) is 5.73. The maximum atomic E-state index is 5.44. The number of methoxy groups -OCH3 is 1. The average Bonchev–Trinajstić information content (AvgIpc) is 2.79. The van der Waals surface area contributed by atoms with Crippen molar-refractivity contribution in [2.75, 3.05) is 13.7 Å². The first kappa shape index (κ1) is 12.0. The Balaban J connectivity index is 2.14. The molecule has 0 heterocycles. The molecule has 14 heavy (non-hydrogen) atoms. The van der Waals surface area contributed by atoms with Gasteiger partial charge in [-0.2, -0.15) is 0 Å². The smallest absolute Gasteiger partial charge is 0.0625 e. The van der Waals surface area contributed by atoms with Crippen molar-refractivity contribution >= 4 is 0 Å². The molecule has 0 spiro atoms. The molecule has 1 rings (SSSR count). The van der Waals surface area contributed by atoms with Crippen molar-refractivity contribution in [1.82, 2.24) is 5.32 Å². The third-order valence-corrected chi connectivity index (χ3v) is 3.16. The molecule has 0 aliphatic heterocycles. The summed E-state index contributed by atoms with van der Waals surface area (Å²) < 4.78 is 5.44. The van der Waals surface area contributed by atoms with Gasteiger partial charge in [-0.15, -0.1) is 0 Å². The van der Waals surface area contributed by atoms with Crippen LogP contribution in [0.1, 0.15) is 40.5 Å². The summed E-state index contributed by atoms with van der Waals surface area (Å²) in [5, 5.41) is 3.50. The summed E-state index contributed by atoms with van der Waals surface area (Å²) in [6.07, 6.45) is 2.58. The van der Waals surface area contributed by atoms with E-state index in [0.717, 1.165) is 11.8 Å². The highest BCUT2D eigenvalue weighted by molar-refractivity contribution is 4.92. The van der Waals surface area contributed by atoms with Crippen molar-refractivity contribution in [2.45, 2.75) is 52.2 Å². The Morgan fingerprint density at radius 3 is 2.50 bits per heavy atom. The molecule has 0 bridgehead atoms. The van der Waals surface area contributed by atoms with Crippen LogP contribution in [0.25, 0.3) is 0 Å². The molecule has 0 aromatic rings. The molecule has 2 heteroatoms. The van der Waals surface area contributed by atoms with Crippen LogP contribution in [0.4, 0.5) is 0 Å². The molecule has 1 aliphatic rings. The second-order valence-electron chi connectivity index (χ2n) is 5.49. The predicted molar refractivity (Wildman–Crippen MR) is 60.4 cm³/mol.